The molecule has 2 aliphatic rings. The molecule has 0 saturated heterocycles. The van der Waals surface area contributed by atoms with Gasteiger partial charge < -0.3 is 0 Å². The van der Waals surface area contributed by atoms with Crippen LogP contribution >= 0.6 is 47.4 Å². The Hall–Kier alpha value is 0.480. The zero-order chi connectivity index (χ0) is 6.81. The van der Waals surface area contributed by atoms with Crippen LogP contribution in [0.4, 0.5) is 0 Å². The van der Waals surface area contributed by atoms with Crippen molar-refractivity contribution in [1.29, 1.82) is 0 Å². The van der Waals surface area contributed by atoms with Crippen LogP contribution in [-0.2, 0) is 0 Å². The fourth-order valence-corrected chi connectivity index (χ4v) is 3.79. The highest BCUT2D eigenvalue weighted by Gasteiger charge is 2.14. The summed E-state index contributed by atoms with van der Waals surface area (Å²) < 4.78 is 10.6. The first-order valence-corrected chi connectivity index (χ1v) is 5.73. The molecule has 0 aromatic carbocycles. The molecule has 2 nitrogen and oxygen atoms in total. The van der Waals surface area contributed by atoms with Crippen molar-refractivity contribution in [3.05, 3.63) is 8.47 Å². The van der Waals surface area contributed by atoms with Crippen molar-refractivity contribution in [2.45, 2.75) is 0 Å². The van der Waals surface area contributed by atoms with Crippen molar-refractivity contribution in [1.82, 2.24) is 0 Å². The highest BCUT2D eigenvalue weighted by atomic mass is 32.2. The van der Waals surface area contributed by atoms with Gasteiger partial charge in [-0.2, -0.15) is 0 Å². The average Bonchev–Trinajstić information content (AvgIpc) is 2.59. The lowest BCUT2D eigenvalue weighted by atomic mass is 11.2. The first-order chi connectivity index (χ1) is 4.97. The summed E-state index contributed by atoms with van der Waals surface area (Å²) in [4.78, 5) is 0. The Balaban J connectivity index is 2.14. The number of nitrogens with zero attached hydrogens (tertiary/aromatic N) is 2. The molecule has 0 radical (unpaired) electrons. The molecule has 2 rings (SSSR count). The molecule has 6 heteroatoms. The number of hydrogen-bond donors (Lipinski definition) is 0. The van der Waals surface area contributed by atoms with Crippen LogP contribution < -0.4 is 0 Å². The lowest BCUT2D eigenvalue weighted by molar-refractivity contribution is 2.03. The molecule has 0 aromatic rings. The number of rotatable bonds is 0. The molecular formula is C4H2N2S4. The maximum Gasteiger partial charge on any atom is 0.0914 e. The van der Waals surface area contributed by atoms with E-state index in [4.69, 9.17) is 0 Å². The Bertz CT molecular complexity index is 187. The van der Waals surface area contributed by atoms with E-state index in [-0.39, 0.29) is 0 Å². The standard InChI is InChI=1S/C4H2N2S4/c1-5-9-3(7-1)4-8-2-6-10-4/h1-2H/b4-3-. The lowest BCUT2D eigenvalue weighted by Gasteiger charge is -1.93. The van der Waals surface area contributed by atoms with Crippen LogP contribution in [0.5, 0.6) is 0 Å². The van der Waals surface area contributed by atoms with Gasteiger partial charge in [-0.05, 0) is 0 Å². The molecule has 0 unspecified atom stereocenters. The van der Waals surface area contributed by atoms with Crippen LogP contribution in [0.3, 0.4) is 0 Å². The largest absolute Gasteiger partial charge is 0.212 e. The lowest BCUT2D eigenvalue weighted by Crippen LogP contribution is -1.64. The molecule has 0 aliphatic carbocycles. The van der Waals surface area contributed by atoms with E-state index >= 15 is 0 Å². The topological polar surface area (TPSA) is 24.7 Å². The second kappa shape index (κ2) is 3.25. The maximum atomic E-state index is 4.02. The summed E-state index contributed by atoms with van der Waals surface area (Å²) in [5.74, 6) is 0. The van der Waals surface area contributed by atoms with Gasteiger partial charge >= 0.3 is 0 Å². The van der Waals surface area contributed by atoms with Crippen molar-refractivity contribution in [2.24, 2.45) is 8.80 Å². The molecule has 0 fully saturated rings. The molecule has 0 spiro atoms. The van der Waals surface area contributed by atoms with Gasteiger partial charge in [-0.3, -0.25) is 0 Å². The van der Waals surface area contributed by atoms with Gasteiger partial charge in [-0.15, -0.1) is 0 Å². The third-order valence-electron chi connectivity index (χ3n) is 0.843. The van der Waals surface area contributed by atoms with Crippen LogP contribution in [-0.4, -0.2) is 11.1 Å². The summed E-state index contributed by atoms with van der Waals surface area (Å²) in [6, 6.07) is 0. The summed E-state index contributed by atoms with van der Waals surface area (Å²) in [7, 11) is 0. The Morgan fingerprint density at radius 2 is 1.40 bits per heavy atom. The Morgan fingerprint density at radius 1 is 0.900 bits per heavy atom. The molecule has 0 saturated carbocycles. The van der Waals surface area contributed by atoms with Crippen LogP contribution in [0.25, 0.3) is 0 Å². The van der Waals surface area contributed by atoms with E-state index in [0.29, 0.717) is 0 Å². The van der Waals surface area contributed by atoms with Gasteiger partial charge in [0, 0.05) is 23.9 Å². The summed E-state index contributed by atoms with van der Waals surface area (Å²) >= 11 is 6.40. The molecule has 2 heterocycles. The van der Waals surface area contributed by atoms with E-state index in [2.05, 4.69) is 8.80 Å². The van der Waals surface area contributed by atoms with Gasteiger partial charge in [0.05, 0.1) is 19.6 Å². The number of thioether (sulfide) groups is 2. The molecule has 0 atom stereocenters. The molecular weight excluding hydrogens is 204 g/mol. The maximum absolute atomic E-state index is 4.02. The fourth-order valence-electron chi connectivity index (χ4n) is 0.491. The van der Waals surface area contributed by atoms with Crippen molar-refractivity contribution >= 4 is 58.5 Å². The van der Waals surface area contributed by atoms with Gasteiger partial charge in [0.1, 0.15) is 0 Å². The zero-order valence-corrected chi connectivity index (χ0v) is 7.95. The van der Waals surface area contributed by atoms with Crippen LogP contribution in [0, 0.1) is 0 Å². The van der Waals surface area contributed by atoms with Gasteiger partial charge in [0.25, 0.3) is 0 Å². The smallest absolute Gasteiger partial charge is 0.0914 e. The summed E-state index contributed by atoms with van der Waals surface area (Å²) in [5, 5.41) is 0. The van der Waals surface area contributed by atoms with Crippen LogP contribution in [0.2, 0.25) is 0 Å². The monoisotopic (exact) mass is 206 g/mol. The van der Waals surface area contributed by atoms with Gasteiger partial charge in [-0.25, -0.2) is 8.80 Å². The Kier molecular flexibility index (Phi) is 2.32. The highest BCUT2D eigenvalue weighted by molar-refractivity contribution is 8.36. The minimum atomic E-state index is 1.26. The van der Waals surface area contributed by atoms with Crippen LogP contribution in [0.15, 0.2) is 17.3 Å². The predicted molar refractivity (Wildman–Crippen MR) is 54.4 cm³/mol. The van der Waals surface area contributed by atoms with E-state index in [9.17, 15) is 0 Å². The van der Waals surface area contributed by atoms with Crippen molar-refractivity contribution in [2.75, 3.05) is 0 Å². The van der Waals surface area contributed by atoms with E-state index in [1.807, 2.05) is 11.1 Å². The second-order valence-corrected chi connectivity index (χ2v) is 5.24. The molecule has 0 bridgehead atoms. The SMILES string of the molecule is C1=NS/C(=C2/SC=NS2)S1. The van der Waals surface area contributed by atoms with E-state index in [0.717, 1.165) is 0 Å². The van der Waals surface area contributed by atoms with E-state index in [1.165, 1.54) is 32.4 Å². The minimum Gasteiger partial charge on any atom is -0.212 e. The predicted octanol–water partition coefficient (Wildman–Crippen LogP) is 2.96. The second-order valence-electron chi connectivity index (χ2n) is 1.41. The zero-order valence-electron chi connectivity index (χ0n) is 4.68. The molecule has 52 valence electrons. The fraction of sp³-hybridized carbons (Fsp3) is 0. The van der Waals surface area contributed by atoms with Crippen molar-refractivity contribution in [3.8, 4) is 0 Å². The van der Waals surface area contributed by atoms with Crippen molar-refractivity contribution in [3.63, 3.8) is 0 Å². The first kappa shape index (κ1) is 7.15. The van der Waals surface area contributed by atoms with Gasteiger partial charge in [0.15, 0.2) is 0 Å². The minimum absolute atomic E-state index is 1.26. The third-order valence-corrected chi connectivity index (χ3v) is 5.07. The van der Waals surface area contributed by atoms with Crippen LogP contribution in [0.1, 0.15) is 0 Å². The summed E-state index contributed by atoms with van der Waals surface area (Å²) in [5.41, 5.74) is 3.71. The van der Waals surface area contributed by atoms with Gasteiger partial charge in [0.2, 0.25) is 0 Å². The molecule has 0 N–H and O–H groups in total. The summed E-state index contributed by atoms with van der Waals surface area (Å²) in [6.45, 7) is 0. The van der Waals surface area contributed by atoms with E-state index in [1.54, 1.807) is 23.5 Å². The normalized spacial score (nSPS) is 30.4. The molecule has 0 amide bonds. The quantitative estimate of drug-likeness (QED) is 0.569. The molecule has 10 heavy (non-hydrogen) atoms. The first-order valence-electron chi connectivity index (χ1n) is 2.42. The third kappa shape index (κ3) is 1.39. The van der Waals surface area contributed by atoms with Gasteiger partial charge in [-0.1, -0.05) is 23.5 Å². The van der Waals surface area contributed by atoms with Crippen molar-refractivity contribution < 1.29 is 0 Å². The Labute approximate surface area is 75.7 Å². The average molecular weight is 206 g/mol. The summed E-state index contributed by atoms with van der Waals surface area (Å²) in [6.07, 6.45) is 0. The highest BCUT2D eigenvalue weighted by Crippen LogP contribution is 2.47. The molecule has 2 aliphatic heterocycles. The van der Waals surface area contributed by atoms with E-state index < -0.39 is 0 Å². The number of hydrogen-bond acceptors (Lipinski definition) is 6. The molecule has 0 aromatic heterocycles. The Morgan fingerprint density at radius 3 is 1.70 bits per heavy atom.